The first-order chi connectivity index (χ1) is 13.5. The van der Waals surface area contributed by atoms with E-state index in [1.54, 1.807) is 13.0 Å². The Morgan fingerprint density at radius 1 is 1.18 bits per heavy atom. The molecule has 1 aromatic heterocycles. The lowest BCUT2D eigenvalue weighted by Crippen LogP contribution is -2.20. The summed E-state index contributed by atoms with van der Waals surface area (Å²) in [6, 6.07) is 15.7. The van der Waals surface area contributed by atoms with Crippen LogP contribution in [0.1, 0.15) is 17.3 Å². The van der Waals surface area contributed by atoms with Crippen LogP contribution in [0, 0.1) is 5.82 Å². The number of thiophene rings is 1. The maximum atomic E-state index is 13.3. The van der Waals surface area contributed by atoms with E-state index in [0.29, 0.717) is 16.3 Å². The first-order valence-corrected chi connectivity index (χ1v) is 9.97. The van der Waals surface area contributed by atoms with Gasteiger partial charge in [0.2, 0.25) is 0 Å². The summed E-state index contributed by atoms with van der Waals surface area (Å²) in [7, 11) is 0. The molecule has 2 N–H and O–H groups in total. The summed E-state index contributed by atoms with van der Waals surface area (Å²) in [6.07, 6.45) is 0. The first kappa shape index (κ1) is 20.3. The Balaban J connectivity index is 1.84. The Morgan fingerprint density at radius 3 is 2.61 bits per heavy atom. The molecule has 144 valence electrons. The van der Waals surface area contributed by atoms with Crippen molar-refractivity contribution in [2.45, 2.75) is 6.92 Å². The van der Waals surface area contributed by atoms with Crippen LogP contribution in [0.25, 0.3) is 10.4 Å². The number of anilines is 2. The van der Waals surface area contributed by atoms with E-state index in [9.17, 15) is 9.18 Å². The average Bonchev–Trinajstić information content (AvgIpc) is 3.09. The van der Waals surface area contributed by atoms with Gasteiger partial charge in [0.1, 0.15) is 10.8 Å². The molecular formula is C20H16ClFN2O2S2. The number of ether oxygens (including phenoxy) is 1. The highest BCUT2D eigenvalue weighted by atomic mass is 35.5. The predicted molar refractivity (Wildman–Crippen MR) is 117 cm³/mol. The van der Waals surface area contributed by atoms with Crippen molar-refractivity contribution < 1.29 is 13.9 Å². The Morgan fingerprint density at radius 2 is 1.93 bits per heavy atom. The highest BCUT2D eigenvalue weighted by Gasteiger charge is 2.19. The summed E-state index contributed by atoms with van der Waals surface area (Å²) in [5, 5.41) is 6.74. The molecule has 0 aliphatic heterocycles. The molecule has 0 saturated carbocycles. The van der Waals surface area contributed by atoms with Crippen LogP contribution < -0.4 is 10.6 Å². The summed E-state index contributed by atoms with van der Waals surface area (Å²) >= 11 is 12.5. The van der Waals surface area contributed by atoms with E-state index >= 15 is 0 Å². The number of rotatable bonds is 5. The average molecular weight is 435 g/mol. The van der Waals surface area contributed by atoms with Crippen molar-refractivity contribution in [2.24, 2.45) is 0 Å². The number of carbonyl (C=O) groups is 1. The fraction of sp³-hybridized carbons (Fsp3) is 0.100. The molecule has 0 atom stereocenters. The third-order valence-corrected chi connectivity index (χ3v) is 5.28. The second kappa shape index (κ2) is 9.14. The minimum atomic E-state index is -0.513. The van der Waals surface area contributed by atoms with Gasteiger partial charge in [-0.2, -0.15) is 0 Å². The molecule has 0 fully saturated rings. The molecule has 0 saturated heterocycles. The van der Waals surface area contributed by atoms with Gasteiger partial charge in [0.15, 0.2) is 5.11 Å². The van der Waals surface area contributed by atoms with E-state index in [0.717, 1.165) is 10.4 Å². The van der Waals surface area contributed by atoms with Gasteiger partial charge in [-0.1, -0.05) is 41.9 Å². The van der Waals surface area contributed by atoms with Crippen LogP contribution in [-0.2, 0) is 4.74 Å². The highest BCUT2D eigenvalue weighted by Crippen LogP contribution is 2.36. The Bertz CT molecular complexity index is 1010. The van der Waals surface area contributed by atoms with Gasteiger partial charge in [-0.05, 0) is 49.0 Å². The molecule has 4 nitrogen and oxygen atoms in total. The van der Waals surface area contributed by atoms with Gasteiger partial charge in [-0.3, -0.25) is 0 Å². The lowest BCUT2D eigenvalue weighted by molar-refractivity contribution is 0.0528. The highest BCUT2D eigenvalue weighted by molar-refractivity contribution is 7.80. The topological polar surface area (TPSA) is 50.4 Å². The zero-order valence-electron chi connectivity index (χ0n) is 14.8. The van der Waals surface area contributed by atoms with Gasteiger partial charge >= 0.3 is 5.97 Å². The van der Waals surface area contributed by atoms with E-state index in [1.165, 1.54) is 29.5 Å². The van der Waals surface area contributed by atoms with Crippen LogP contribution in [0.2, 0.25) is 5.02 Å². The molecule has 3 rings (SSSR count). The predicted octanol–water partition coefficient (Wildman–Crippen LogP) is 6.19. The Kier molecular flexibility index (Phi) is 6.61. The lowest BCUT2D eigenvalue weighted by atomic mass is 10.1. The van der Waals surface area contributed by atoms with Crippen molar-refractivity contribution in [2.75, 3.05) is 17.2 Å². The quantitative estimate of drug-likeness (QED) is 0.370. The SMILES string of the molecule is CCOC(=O)c1cc(-c2ccccc2)sc1NC(=S)Nc1ccc(F)c(Cl)c1. The zero-order valence-corrected chi connectivity index (χ0v) is 17.2. The van der Waals surface area contributed by atoms with E-state index in [2.05, 4.69) is 10.6 Å². The smallest absolute Gasteiger partial charge is 0.341 e. The molecule has 0 spiro atoms. The molecule has 28 heavy (non-hydrogen) atoms. The molecule has 0 amide bonds. The Hall–Kier alpha value is -2.48. The normalized spacial score (nSPS) is 10.4. The molecule has 2 aromatic carbocycles. The van der Waals surface area contributed by atoms with Crippen LogP contribution in [0.3, 0.4) is 0 Å². The van der Waals surface area contributed by atoms with E-state index in [-0.39, 0.29) is 16.7 Å². The van der Waals surface area contributed by atoms with Crippen LogP contribution in [-0.4, -0.2) is 17.7 Å². The number of nitrogens with one attached hydrogen (secondary N) is 2. The van der Waals surface area contributed by atoms with Gasteiger partial charge in [0, 0.05) is 10.6 Å². The molecule has 0 unspecified atom stereocenters. The maximum Gasteiger partial charge on any atom is 0.341 e. The summed E-state index contributed by atoms with van der Waals surface area (Å²) < 4.78 is 18.5. The third kappa shape index (κ3) is 4.86. The van der Waals surface area contributed by atoms with E-state index in [1.807, 2.05) is 30.3 Å². The molecular weight excluding hydrogens is 419 g/mol. The zero-order chi connectivity index (χ0) is 20.1. The van der Waals surface area contributed by atoms with Crippen molar-refractivity contribution >= 4 is 56.9 Å². The number of thiocarbonyl (C=S) groups is 1. The van der Waals surface area contributed by atoms with Gasteiger partial charge in [0.25, 0.3) is 0 Å². The van der Waals surface area contributed by atoms with Crippen molar-refractivity contribution in [3.8, 4) is 10.4 Å². The maximum absolute atomic E-state index is 13.3. The lowest BCUT2D eigenvalue weighted by Gasteiger charge is -2.11. The molecule has 0 radical (unpaired) electrons. The van der Waals surface area contributed by atoms with Crippen LogP contribution in [0.4, 0.5) is 15.1 Å². The number of benzene rings is 2. The Labute approximate surface area is 176 Å². The van der Waals surface area contributed by atoms with Crippen LogP contribution >= 0.6 is 35.2 Å². The molecule has 0 aliphatic rings. The molecule has 3 aromatic rings. The fourth-order valence-corrected chi connectivity index (χ4v) is 3.95. The van der Waals surface area contributed by atoms with Crippen molar-refractivity contribution in [1.29, 1.82) is 0 Å². The van der Waals surface area contributed by atoms with Gasteiger partial charge in [-0.15, -0.1) is 11.3 Å². The summed E-state index contributed by atoms with van der Waals surface area (Å²) in [5.74, 6) is -0.947. The minimum Gasteiger partial charge on any atom is -0.462 e. The minimum absolute atomic E-state index is 0.0116. The number of hydrogen-bond donors (Lipinski definition) is 2. The number of halogens is 2. The molecule has 1 heterocycles. The standard InChI is InChI=1S/C20H16ClFN2O2S2/c1-2-26-19(25)14-11-17(12-6-4-3-5-7-12)28-18(14)24-20(27)23-13-8-9-16(22)15(21)10-13/h3-11H,2H2,1H3,(H2,23,24,27). The first-order valence-electron chi connectivity index (χ1n) is 8.37. The number of carbonyl (C=O) groups excluding carboxylic acids is 1. The van der Waals surface area contributed by atoms with Gasteiger partial charge in [-0.25, -0.2) is 9.18 Å². The largest absolute Gasteiger partial charge is 0.462 e. The summed E-state index contributed by atoms with van der Waals surface area (Å²) in [5.41, 5.74) is 1.91. The van der Waals surface area contributed by atoms with Gasteiger partial charge in [0.05, 0.1) is 17.2 Å². The fourth-order valence-electron chi connectivity index (χ4n) is 2.43. The third-order valence-electron chi connectivity index (χ3n) is 3.69. The number of esters is 1. The van der Waals surface area contributed by atoms with E-state index in [4.69, 9.17) is 28.6 Å². The van der Waals surface area contributed by atoms with E-state index < -0.39 is 11.8 Å². The van der Waals surface area contributed by atoms with Crippen molar-refractivity contribution in [1.82, 2.24) is 0 Å². The van der Waals surface area contributed by atoms with Crippen LogP contribution in [0.5, 0.6) is 0 Å². The number of hydrogen-bond acceptors (Lipinski definition) is 4. The van der Waals surface area contributed by atoms with Crippen LogP contribution in [0.15, 0.2) is 54.6 Å². The van der Waals surface area contributed by atoms with Crippen molar-refractivity contribution in [3.05, 3.63) is 71.0 Å². The molecule has 0 bridgehead atoms. The summed E-state index contributed by atoms with van der Waals surface area (Å²) in [6.45, 7) is 2.02. The monoisotopic (exact) mass is 434 g/mol. The van der Waals surface area contributed by atoms with Crippen molar-refractivity contribution in [3.63, 3.8) is 0 Å². The summed E-state index contributed by atoms with van der Waals surface area (Å²) in [4.78, 5) is 13.3. The molecule has 8 heteroatoms. The van der Waals surface area contributed by atoms with Gasteiger partial charge < -0.3 is 15.4 Å². The second-order valence-corrected chi connectivity index (χ2v) is 7.52. The molecule has 0 aliphatic carbocycles. The second-order valence-electron chi connectivity index (χ2n) is 5.65.